The molecule has 1 saturated heterocycles. The van der Waals surface area contributed by atoms with Crippen molar-refractivity contribution in [1.82, 2.24) is 9.97 Å². The van der Waals surface area contributed by atoms with Crippen molar-refractivity contribution in [2.24, 2.45) is 0 Å². The van der Waals surface area contributed by atoms with E-state index in [4.69, 9.17) is 9.47 Å². The summed E-state index contributed by atoms with van der Waals surface area (Å²) in [5.41, 5.74) is 2.82. The van der Waals surface area contributed by atoms with E-state index in [1.165, 1.54) is 18.3 Å². The number of hydrogen-bond donors (Lipinski definition) is 2. The van der Waals surface area contributed by atoms with Crippen LogP contribution in [-0.4, -0.2) is 40.3 Å². The van der Waals surface area contributed by atoms with E-state index in [0.29, 0.717) is 11.6 Å². The third-order valence-electron chi connectivity index (χ3n) is 5.81. The second-order valence-corrected chi connectivity index (χ2v) is 8.13. The van der Waals surface area contributed by atoms with E-state index in [-0.39, 0.29) is 31.8 Å². The predicted molar refractivity (Wildman–Crippen MR) is 126 cm³/mol. The Bertz CT molecular complexity index is 1130. The van der Waals surface area contributed by atoms with E-state index >= 15 is 0 Å². The van der Waals surface area contributed by atoms with Gasteiger partial charge in [-0.15, -0.1) is 0 Å². The lowest BCUT2D eigenvalue weighted by atomic mass is 9.77. The molecule has 1 aliphatic carbocycles. The molecule has 1 saturated carbocycles. The number of amides is 1. The molecule has 0 atom stereocenters. The predicted octanol–water partition coefficient (Wildman–Crippen LogP) is 4.25. The summed E-state index contributed by atoms with van der Waals surface area (Å²) in [6, 6.07) is 12.0. The molecule has 1 aromatic carbocycles. The summed E-state index contributed by atoms with van der Waals surface area (Å²) in [5.74, 6) is -0.317. The Morgan fingerprint density at radius 3 is 2.44 bits per heavy atom. The highest BCUT2D eigenvalue weighted by molar-refractivity contribution is 6.00. The fourth-order valence-corrected chi connectivity index (χ4v) is 3.69. The van der Waals surface area contributed by atoms with Gasteiger partial charge < -0.3 is 19.9 Å². The van der Waals surface area contributed by atoms with Crippen LogP contribution >= 0.6 is 0 Å². The Labute approximate surface area is 198 Å². The molecule has 3 heterocycles. The van der Waals surface area contributed by atoms with Crippen molar-refractivity contribution in [3.8, 4) is 17.0 Å². The van der Waals surface area contributed by atoms with Crippen molar-refractivity contribution < 1.29 is 23.8 Å². The molecule has 3 aromatic rings. The van der Waals surface area contributed by atoms with Crippen LogP contribution < -0.4 is 10.1 Å². The Balaban J connectivity index is 0.00000133. The minimum absolute atomic E-state index is 0.132. The maximum absolute atomic E-state index is 13.0. The van der Waals surface area contributed by atoms with Gasteiger partial charge in [0.05, 0.1) is 31.7 Å². The number of rotatable bonds is 7. The molecule has 1 amide bonds. The Morgan fingerprint density at radius 1 is 1.15 bits per heavy atom. The normalized spacial score (nSPS) is 16.0. The molecule has 7 nitrogen and oxygen atoms in total. The maximum atomic E-state index is 13.0. The van der Waals surface area contributed by atoms with Gasteiger partial charge in [-0.2, -0.15) is 4.39 Å². The highest BCUT2D eigenvalue weighted by atomic mass is 19.1. The quantitative estimate of drug-likeness (QED) is 0.507. The molecule has 0 bridgehead atoms. The lowest BCUT2D eigenvalue weighted by molar-refractivity contribution is -0.139. The van der Waals surface area contributed by atoms with Crippen molar-refractivity contribution in [3.63, 3.8) is 0 Å². The minimum Gasteiger partial charge on any atom is -0.474 e. The van der Waals surface area contributed by atoms with Gasteiger partial charge in [0.15, 0.2) is 0 Å². The van der Waals surface area contributed by atoms with Gasteiger partial charge in [0, 0.05) is 17.8 Å². The van der Waals surface area contributed by atoms with Crippen LogP contribution in [0.15, 0.2) is 54.9 Å². The number of nitrogens with zero attached hydrogens (tertiary/aromatic N) is 2. The molecular formula is C26H28FN3O4. The number of carbonyl (C=O) groups excluding carboxylic acids is 1. The minimum atomic E-state index is -0.826. The molecule has 8 heteroatoms. The molecule has 2 N–H and O–H groups in total. The summed E-state index contributed by atoms with van der Waals surface area (Å²) >= 11 is 0. The first kappa shape index (κ1) is 23.8. The van der Waals surface area contributed by atoms with Crippen molar-refractivity contribution in [1.29, 1.82) is 0 Å². The van der Waals surface area contributed by atoms with E-state index < -0.39 is 11.4 Å². The SMILES string of the molecule is CC.O=C(Nc1ccc(F)nc1)C1(c2ccc(-c3cnc(OC4CC4)cc3CO)cc2)COC1. The number of hydrogen-bond acceptors (Lipinski definition) is 6. The zero-order chi connectivity index (χ0) is 24.1. The Morgan fingerprint density at radius 2 is 1.88 bits per heavy atom. The monoisotopic (exact) mass is 465 g/mol. The molecule has 0 unspecified atom stereocenters. The summed E-state index contributed by atoms with van der Waals surface area (Å²) < 4.78 is 24.1. The number of nitrogens with one attached hydrogen (secondary N) is 1. The number of aliphatic hydroxyl groups is 1. The zero-order valence-electron chi connectivity index (χ0n) is 19.3. The summed E-state index contributed by atoms with van der Waals surface area (Å²) in [7, 11) is 0. The largest absolute Gasteiger partial charge is 0.474 e. The average Bonchev–Trinajstić information content (AvgIpc) is 3.66. The Hall–Kier alpha value is -3.36. The van der Waals surface area contributed by atoms with Crippen LogP contribution in [0.4, 0.5) is 10.1 Å². The first-order chi connectivity index (χ1) is 16.6. The van der Waals surface area contributed by atoms with Crippen molar-refractivity contribution in [2.45, 2.75) is 44.8 Å². The number of ether oxygens (including phenoxy) is 2. The molecule has 0 radical (unpaired) electrons. The number of anilines is 1. The molecule has 1 aliphatic heterocycles. The first-order valence-corrected chi connectivity index (χ1v) is 11.5. The summed E-state index contributed by atoms with van der Waals surface area (Å²) in [6.45, 7) is 4.37. The fraction of sp³-hybridized carbons (Fsp3) is 0.346. The molecule has 2 fully saturated rings. The van der Waals surface area contributed by atoms with Crippen LogP contribution in [0, 0.1) is 5.95 Å². The van der Waals surface area contributed by atoms with Crippen LogP contribution in [-0.2, 0) is 21.6 Å². The van der Waals surface area contributed by atoms with Gasteiger partial charge in [-0.25, -0.2) is 9.97 Å². The van der Waals surface area contributed by atoms with Gasteiger partial charge in [-0.1, -0.05) is 38.1 Å². The number of carbonyl (C=O) groups is 1. The maximum Gasteiger partial charge on any atom is 0.239 e. The van der Waals surface area contributed by atoms with Gasteiger partial charge in [0.1, 0.15) is 11.5 Å². The highest BCUT2D eigenvalue weighted by Crippen LogP contribution is 2.36. The molecular weight excluding hydrogens is 437 g/mol. The molecule has 34 heavy (non-hydrogen) atoms. The van der Waals surface area contributed by atoms with E-state index in [1.807, 2.05) is 38.1 Å². The van der Waals surface area contributed by atoms with E-state index in [9.17, 15) is 14.3 Å². The van der Waals surface area contributed by atoms with Crippen LogP contribution in [0.3, 0.4) is 0 Å². The van der Waals surface area contributed by atoms with Gasteiger partial charge in [0.25, 0.3) is 0 Å². The smallest absolute Gasteiger partial charge is 0.239 e. The van der Waals surface area contributed by atoms with Crippen LogP contribution in [0.5, 0.6) is 5.88 Å². The topological polar surface area (TPSA) is 93.6 Å². The first-order valence-electron chi connectivity index (χ1n) is 11.5. The second kappa shape index (κ2) is 10.3. The van der Waals surface area contributed by atoms with Gasteiger partial charge in [-0.05, 0) is 41.7 Å². The summed E-state index contributed by atoms with van der Waals surface area (Å²) in [6.07, 6.45) is 5.29. The summed E-state index contributed by atoms with van der Waals surface area (Å²) in [5, 5.41) is 12.6. The van der Waals surface area contributed by atoms with Gasteiger partial charge >= 0.3 is 0 Å². The fourth-order valence-electron chi connectivity index (χ4n) is 3.69. The molecule has 2 aliphatic rings. The molecule has 0 spiro atoms. The number of pyridine rings is 2. The van der Waals surface area contributed by atoms with Gasteiger partial charge in [-0.3, -0.25) is 4.79 Å². The zero-order valence-corrected chi connectivity index (χ0v) is 19.3. The number of halogens is 1. The number of aromatic nitrogens is 2. The van der Waals surface area contributed by atoms with E-state index in [0.717, 1.165) is 35.1 Å². The van der Waals surface area contributed by atoms with E-state index in [2.05, 4.69) is 15.3 Å². The average molecular weight is 466 g/mol. The molecule has 2 aromatic heterocycles. The van der Waals surface area contributed by atoms with Crippen molar-refractivity contribution in [2.75, 3.05) is 18.5 Å². The number of benzene rings is 1. The third-order valence-corrected chi connectivity index (χ3v) is 5.81. The van der Waals surface area contributed by atoms with E-state index in [1.54, 1.807) is 12.3 Å². The Kier molecular flexibility index (Phi) is 7.19. The highest BCUT2D eigenvalue weighted by Gasteiger charge is 2.47. The molecule has 178 valence electrons. The van der Waals surface area contributed by atoms with Crippen LogP contribution in [0.25, 0.3) is 11.1 Å². The number of aliphatic hydroxyl groups excluding tert-OH is 1. The lowest BCUT2D eigenvalue weighted by Gasteiger charge is -2.40. The van der Waals surface area contributed by atoms with Gasteiger partial charge in [0.2, 0.25) is 17.7 Å². The third kappa shape index (κ3) is 4.93. The van der Waals surface area contributed by atoms with Crippen LogP contribution in [0.2, 0.25) is 0 Å². The summed E-state index contributed by atoms with van der Waals surface area (Å²) in [4.78, 5) is 21.0. The second-order valence-electron chi connectivity index (χ2n) is 8.13. The molecule has 5 rings (SSSR count). The standard InChI is InChI=1S/C24H22FN3O4.C2H6/c25-21-8-5-18(10-26-21)28-23(30)24(13-31-14-24)17-3-1-15(2-4-17)20-11-27-22(9-16(20)12-29)32-19-6-7-19;1-2/h1-5,8-11,19,29H,6-7,12-14H2,(H,28,30);1-2H3. The van der Waals surface area contributed by atoms with Crippen LogP contribution in [0.1, 0.15) is 37.8 Å². The van der Waals surface area contributed by atoms with Crippen molar-refractivity contribution in [3.05, 3.63) is 71.9 Å². The lowest BCUT2D eigenvalue weighted by Crippen LogP contribution is -2.55. The van der Waals surface area contributed by atoms with Crippen molar-refractivity contribution >= 4 is 11.6 Å².